The number of aromatic hydroxyl groups is 1. The van der Waals surface area contributed by atoms with Crippen LogP contribution in [0.5, 0.6) is 5.75 Å². The van der Waals surface area contributed by atoms with Gasteiger partial charge in [0.15, 0.2) is 0 Å². The highest BCUT2D eigenvalue weighted by atomic mass is 16.4. The van der Waals surface area contributed by atoms with Crippen molar-refractivity contribution in [3.05, 3.63) is 28.8 Å². The van der Waals surface area contributed by atoms with Gasteiger partial charge in [0.05, 0.1) is 0 Å². The van der Waals surface area contributed by atoms with Crippen LogP contribution in [0.3, 0.4) is 0 Å². The molecule has 0 heterocycles. The number of fused-ring (bicyclic) bond motifs is 1. The minimum atomic E-state index is -0.854. The van der Waals surface area contributed by atoms with Crippen molar-refractivity contribution in [2.24, 2.45) is 5.73 Å². The Bertz CT molecular complexity index is 443. The van der Waals surface area contributed by atoms with Gasteiger partial charge in [-0.25, -0.2) is 0 Å². The molecule has 0 radical (unpaired) electrons. The van der Waals surface area contributed by atoms with Crippen molar-refractivity contribution in [1.29, 1.82) is 0 Å². The zero-order valence-electron chi connectivity index (χ0n) is 9.65. The molecule has 2 rings (SSSR count). The van der Waals surface area contributed by atoms with E-state index < -0.39 is 5.97 Å². The Morgan fingerprint density at radius 3 is 2.88 bits per heavy atom. The average molecular weight is 235 g/mol. The predicted octanol–water partition coefficient (Wildman–Crippen LogP) is 1.75. The standard InChI is InChI=1S/C13H17NO3/c14-10(5-7-12(16)17)13-9-3-1-2-8(9)4-6-11(13)15/h4,6,10,15H,1-3,5,7,14H2,(H,16,17). The van der Waals surface area contributed by atoms with Crippen LogP contribution < -0.4 is 5.73 Å². The smallest absolute Gasteiger partial charge is 0.303 e. The molecule has 1 aliphatic carbocycles. The average Bonchev–Trinajstić information content (AvgIpc) is 2.73. The first-order valence-electron chi connectivity index (χ1n) is 5.90. The lowest BCUT2D eigenvalue weighted by atomic mass is 9.94. The van der Waals surface area contributed by atoms with Crippen LogP contribution in [-0.2, 0) is 17.6 Å². The highest BCUT2D eigenvalue weighted by Gasteiger charge is 2.22. The Balaban J connectivity index is 2.25. The molecule has 0 saturated heterocycles. The van der Waals surface area contributed by atoms with Crippen molar-refractivity contribution in [1.82, 2.24) is 0 Å². The fraction of sp³-hybridized carbons (Fsp3) is 0.462. The molecular formula is C13H17NO3. The Morgan fingerprint density at radius 2 is 2.18 bits per heavy atom. The van der Waals surface area contributed by atoms with Crippen LogP contribution in [-0.4, -0.2) is 16.2 Å². The molecular weight excluding hydrogens is 218 g/mol. The maximum absolute atomic E-state index is 10.5. The van der Waals surface area contributed by atoms with Gasteiger partial charge in [-0.15, -0.1) is 0 Å². The Labute approximate surface area is 100 Å². The summed E-state index contributed by atoms with van der Waals surface area (Å²) in [4.78, 5) is 10.5. The SMILES string of the molecule is NC(CCC(=O)O)c1c(O)ccc2c1CCC2. The lowest BCUT2D eigenvalue weighted by molar-refractivity contribution is -0.137. The van der Waals surface area contributed by atoms with E-state index in [1.165, 1.54) is 5.56 Å². The van der Waals surface area contributed by atoms with Crippen LogP contribution in [0.15, 0.2) is 12.1 Å². The quantitative estimate of drug-likeness (QED) is 0.742. The molecule has 1 unspecified atom stereocenters. The third-order valence-electron chi connectivity index (χ3n) is 3.34. The molecule has 1 atom stereocenters. The van der Waals surface area contributed by atoms with Crippen molar-refractivity contribution in [3.63, 3.8) is 0 Å². The topological polar surface area (TPSA) is 83.6 Å². The van der Waals surface area contributed by atoms with E-state index in [0.717, 1.165) is 30.4 Å². The Kier molecular flexibility index (Phi) is 3.33. The van der Waals surface area contributed by atoms with Crippen LogP contribution in [0.25, 0.3) is 0 Å². The van der Waals surface area contributed by atoms with Crippen LogP contribution >= 0.6 is 0 Å². The third kappa shape index (κ3) is 2.42. The van der Waals surface area contributed by atoms with Crippen LogP contribution in [0.4, 0.5) is 0 Å². The van der Waals surface area contributed by atoms with Gasteiger partial charge < -0.3 is 15.9 Å². The van der Waals surface area contributed by atoms with Crippen LogP contribution in [0.2, 0.25) is 0 Å². The fourth-order valence-electron chi connectivity index (χ4n) is 2.52. The van der Waals surface area contributed by atoms with Gasteiger partial charge in [0, 0.05) is 18.0 Å². The van der Waals surface area contributed by atoms with Crippen molar-refractivity contribution in [2.75, 3.05) is 0 Å². The fourth-order valence-corrected chi connectivity index (χ4v) is 2.52. The van der Waals surface area contributed by atoms with Gasteiger partial charge in [-0.1, -0.05) is 6.07 Å². The summed E-state index contributed by atoms with van der Waals surface area (Å²) in [7, 11) is 0. The van der Waals surface area contributed by atoms with Gasteiger partial charge in [0.25, 0.3) is 0 Å². The summed E-state index contributed by atoms with van der Waals surface area (Å²) in [6.07, 6.45) is 3.43. The van der Waals surface area contributed by atoms with E-state index in [4.69, 9.17) is 10.8 Å². The summed E-state index contributed by atoms with van der Waals surface area (Å²) in [6.45, 7) is 0. The van der Waals surface area contributed by atoms with E-state index in [-0.39, 0.29) is 18.2 Å². The summed E-state index contributed by atoms with van der Waals surface area (Å²) >= 11 is 0. The van der Waals surface area contributed by atoms with E-state index in [0.29, 0.717) is 6.42 Å². The van der Waals surface area contributed by atoms with Crippen molar-refractivity contribution < 1.29 is 15.0 Å². The molecule has 0 amide bonds. The number of hydrogen-bond acceptors (Lipinski definition) is 3. The number of aryl methyl sites for hydroxylation is 1. The van der Waals surface area contributed by atoms with E-state index in [9.17, 15) is 9.90 Å². The highest BCUT2D eigenvalue weighted by molar-refractivity contribution is 5.66. The number of carboxylic acids is 1. The number of carbonyl (C=O) groups is 1. The second-order valence-electron chi connectivity index (χ2n) is 4.53. The second kappa shape index (κ2) is 4.75. The molecule has 92 valence electrons. The zero-order chi connectivity index (χ0) is 12.4. The van der Waals surface area contributed by atoms with E-state index in [1.807, 2.05) is 6.07 Å². The monoisotopic (exact) mass is 235 g/mol. The summed E-state index contributed by atoms with van der Waals surface area (Å²) in [5, 5.41) is 18.5. The first kappa shape index (κ1) is 11.9. The molecule has 0 fully saturated rings. The Morgan fingerprint density at radius 1 is 1.41 bits per heavy atom. The molecule has 1 aromatic rings. The number of aliphatic carboxylic acids is 1. The second-order valence-corrected chi connectivity index (χ2v) is 4.53. The van der Waals surface area contributed by atoms with Gasteiger partial charge >= 0.3 is 5.97 Å². The summed E-state index contributed by atoms with van der Waals surface area (Å²) in [5.74, 6) is -0.656. The zero-order valence-corrected chi connectivity index (χ0v) is 9.65. The molecule has 17 heavy (non-hydrogen) atoms. The number of rotatable bonds is 4. The molecule has 4 heteroatoms. The lowest BCUT2D eigenvalue weighted by Gasteiger charge is -2.17. The maximum atomic E-state index is 10.5. The first-order valence-corrected chi connectivity index (χ1v) is 5.90. The number of hydrogen-bond donors (Lipinski definition) is 3. The van der Waals surface area contributed by atoms with Crippen molar-refractivity contribution >= 4 is 5.97 Å². The lowest BCUT2D eigenvalue weighted by Crippen LogP contribution is -2.14. The number of benzene rings is 1. The number of nitrogens with two attached hydrogens (primary N) is 1. The van der Waals surface area contributed by atoms with Crippen molar-refractivity contribution in [2.45, 2.75) is 38.1 Å². The predicted molar refractivity (Wildman–Crippen MR) is 63.9 cm³/mol. The van der Waals surface area contributed by atoms with Gasteiger partial charge in [-0.3, -0.25) is 4.79 Å². The van der Waals surface area contributed by atoms with E-state index in [1.54, 1.807) is 6.07 Å². The highest BCUT2D eigenvalue weighted by Crippen LogP contribution is 2.35. The molecule has 0 aromatic heterocycles. The number of phenols is 1. The molecule has 0 aliphatic heterocycles. The molecule has 0 spiro atoms. The van der Waals surface area contributed by atoms with E-state index >= 15 is 0 Å². The van der Waals surface area contributed by atoms with Crippen LogP contribution in [0.1, 0.15) is 42.0 Å². The van der Waals surface area contributed by atoms with Crippen molar-refractivity contribution in [3.8, 4) is 5.75 Å². The van der Waals surface area contributed by atoms with Gasteiger partial charge in [0.1, 0.15) is 5.75 Å². The van der Waals surface area contributed by atoms with E-state index in [2.05, 4.69) is 0 Å². The normalized spacial score (nSPS) is 15.6. The number of phenolic OH excluding ortho intramolecular Hbond substituents is 1. The van der Waals surface area contributed by atoms with Gasteiger partial charge in [-0.2, -0.15) is 0 Å². The third-order valence-corrected chi connectivity index (χ3v) is 3.34. The summed E-state index contributed by atoms with van der Waals surface area (Å²) < 4.78 is 0. The minimum absolute atomic E-state index is 0.0320. The molecule has 0 saturated carbocycles. The molecule has 1 aliphatic rings. The summed E-state index contributed by atoms with van der Waals surface area (Å²) in [6, 6.07) is 3.21. The molecule has 4 N–H and O–H groups in total. The number of carboxylic acid groups (broad SMARTS) is 1. The Hall–Kier alpha value is -1.55. The van der Waals surface area contributed by atoms with Gasteiger partial charge in [-0.05, 0) is 42.9 Å². The maximum Gasteiger partial charge on any atom is 0.303 e. The molecule has 4 nitrogen and oxygen atoms in total. The molecule has 1 aromatic carbocycles. The van der Waals surface area contributed by atoms with Crippen LogP contribution in [0, 0.1) is 0 Å². The summed E-state index contributed by atoms with van der Waals surface area (Å²) in [5.41, 5.74) is 9.11. The van der Waals surface area contributed by atoms with Gasteiger partial charge in [0.2, 0.25) is 0 Å². The minimum Gasteiger partial charge on any atom is -0.508 e. The molecule has 0 bridgehead atoms. The largest absolute Gasteiger partial charge is 0.508 e. The first-order chi connectivity index (χ1) is 8.09.